The van der Waals surface area contributed by atoms with Crippen LogP contribution in [0.15, 0.2) is 36.4 Å². The summed E-state index contributed by atoms with van der Waals surface area (Å²) in [6, 6.07) is 12.4. The number of rotatable bonds is 2. The average molecular weight is 251 g/mol. The van der Waals surface area contributed by atoms with Crippen LogP contribution in [0.1, 0.15) is 16.7 Å². The molecule has 0 bridgehead atoms. The Morgan fingerprint density at radius 1 is 0.947 bits per heavy atom. The largest absolute Gasteiger partial charge is 0.326 e. The fraction of sp³-hybridized carbons (Fsp3) is 0.188. The summed E-state index contributed by atoms with van der Waals surface area (Å²) in [4.78, 5) is 7.82. The zero-order valence-corrected chi connectivity index (χ0v) is 11.4. The van der Waals surface area contributed by atoms with Crippen LogP contribution in [0.2, 0.25) is 0 Å². The van der Waals surface area contributed by atoms with Crippen LogP contribution >= 0.6 is 0 Å². The molecule has 1 aromatic heterocycles. The maximum absolute atomic E-state index is 4.53. The fourth-order valence-electron chi connectivity index (χ4n) is 2.23. The molecule has 2 N–H and O–H groups in total. The van der Waals surface area contributed by atoms with Gasteiger partial charge in [-0.15, -0.1) is 0 Å². The van der Waals surface area contributed by atoms with E-state index < -0.39 is 0 Å². The van der Waals surface area contributed by atoms with Gasteiger partial charge in [-0.2, -0.15) is 0 Å². The summed E-state index contributed by atoms with van der Waals surface area (Å²) in [5.41, 5.74) is 6.94. The van der Waals surface area contributed by atoms with Gasteiger partial charge in [0, 0.05) is 5.69 Å². The van der Waals surface area contributed by atoms with Crippen LogP contribution in [-0.4, -0.2) is 9.97 Å². The SMILES string of the molecule is Cc1cc(C)c(Nc2nc3ccccc3[nH]2)cc1C. The second kappa shape index (κ2) is 4.43. The number of para-hydroxylation sites is 2. The van der Waals surface area contributed by atoms with Crippen LogP contribution < -0.4 is 5.32 Å². The Labute approximate surface area is 112 Å². The number of H-pyrrole nitrogens is 1. The predicted molar refractivity (Wildman–Crippen MR) is 80.0 cm³/mol. The standard InChI is InChI=1S/C16H17N3/c1-10-8-12(3)15(9-11(10)2)19-16-17-13-6-4-5-7-14(13)18-16/h4-9H,1-3H3,(H2,17,18,19). The molecule has 0 aliphatic heterocycles. The van der Waals surface area contributed by atoms with E-state index in [1.165, 1.54) is 16.7 Å². The Morgan fingerprint density at radius 2 is 1.68 bits per heavy atom. The highest BCUT2D eigenvalue weighted by Crippen LogP contribution is 2.24. The van der Waals surface area contributed by atoms with Gasteiger partial charge in [-0.05, 0) is 55.7 Å². The number of anilines is 2. The first-order valence-corrected chi connectivity index (χ1v) is 6.43. The quantitative estimate of drug-likeness (QED) is 0.715. The molecule has 0 aliphatic rings. The van der Waals surface area contributed by atoms with Gasteiger partial charge in [-0.3, -0.25) is 0 Å². The topological polar surface area (TPSA) is 40.7 Å². The first-order valence-electron chi connectivity index (χ1n) is 6.43. The number of nitrogens with zero attached hydrogens (tertiary/aromatic N) is 1. The van der Waals surface area contributed by atoms with Crippen LogP contribution in [0.5, 0.6) is 0 Å². The molecule has 0 aliphatic carbocycles. The number of nitrogens with one attached hydrogen (secondary N) is 2. The van der Waals surface area contributed by atoms with Gasteiger partial charge < -0.3 is 10.3 Å². The molecule has 2 aromatic carbocycles. The first-order chi connectivity index (χ1) is 9.13. The second-order valence-corrected chi connectivity index (χ2v) is 4.98. The maximum Gasteiger partial charge on any atom is 0.205 e. The van der Waals surface area contributed by atoms with E-state index >= 15 is 0 Å². The Kier molecular flexibility index (Phi) is 2.75. The number of aryl methyl sites for hydroxylation is 3. The number of imidazole rings is 1. The molecule has 0 amide bonds. The summed E-state index contributed by atoms with van der Waals surface area (Å²) in [7, 11) is 0. The summed E-state index contributed by atoms with van der Waals surface area (Å²) in [6.07, 6.45) is 0. The maximum atomic E-state index is 4.53. The summed E-state index contributed by atoms with van der Waals surface area (Å²) < 4.78 is 0. The molecule has 3 aromatic rings. The number of benzene rings is 2. The molecule has 1 heterocycles. The number of hydrogen-bond acceptors (Lipinski definition) is 2. The fourth-order valence-corrected chi connectivity index (χ4v) is 2.23. The Balaban J connectivity index is 1.98. The molecule has 0 saturated heterocycles. The van der Waals surface area contributed by atoms with E-state index in [0.29, 0.717) is 0 Å². The monoisotopic (exact) mass is 251 g/mol. The summed E-state index contributed by atoms with van der Waals surface area (Å²) in [6.45, 7) is 6.36. The Hall–Kier alpha value is -2.29. The van der Waals surface area contributed by atoms with Gasteiger partial charge in [0.1, 0.15) is 0 Å². The number of hydrogen-bond donors (Lipinski definition) is 2. The van der Waals surface area contributed by atoms with Crippen molar-refractivity contribution in [3.63, 3.8) is 0 Å². The number of aromatic amines is 1. The third-order valence-corrected chi connectivity index (χ3v) is 3.48. The Bertz CT molecular complexity index is 708. The lowest BCUT2D eigenvalue weighted by molar-refractivity contribution is 1.26. The molecule has 0 atom stereocenters. The van der Waals surface area contributed by atoms with Crippen molar-refractivity contribution in [1.29, 1.82) is 0 Å². The molecule has 3 nitrogen and oxygen atoms in total. The molecule has 3 heteroatoms. The lowest BCUT2D eigenvalue weighted by Gasteiger charge is -2.10. The number of fused-ring (bicyclic) bond motifs is 1. The first kappa shape index (κ1) is 11.8. The zero-order valence-electron chi connectivity index (χ0n) is 11.4. The van der Waals surface area contributed by atoms with Gasteiger partial charge in [0.05, 0.1) is 11.0 Å². The van der Waals surface area contributed by atoms with Crippen molar-refractivity contribution in [2.45, 2.75) is 20.8 Å². The van der Waals surface area contributed by atoms with Gasteiger partial charge in [0.25, 0.3) is 0 Å². The van der Waals surface area contributed by atoms with Crippen molar-refractivity contribution < 1.29 is 0 Å². The van der Waals surface area contributed by atoms with E-state index in [1.54, 1.807) is 0 Å². The van der Waals surface area contributed by atoms with E-state index in [9.17, 15) is 0 Å². The van der Waals surface area contributed by atoms with Gasteiger partial charge in [0.15, 0.2) is 0 Å². The van der Waals surface area contributed by atoms with Crippen LogP contribution in [0.3, 0.4) is 0 Å². The predicted octanol–water partition coefficient (Wildman–Crippen LogP) is 4.23. The van der Waals surface area contributed by atoms with E-state index in [4.69, 9.17) is 0 Å². The molecule has 0 spiro atoms. The van der Waals surface area contributed by atoms with Crippen LogP contribution in [0.25, 0.3) is 11.0 Å². The molecule has 0 radical (unpaired) electrons. The van der Waals surface area contributed by atoms with E-state index in [-0.39, 0.29) is 0 Å². The molecule has 96 valence electrons. The molecular formula is C16H17N3. The van der Waals surface area contributed by atoms with Crippen molar-refractivity contribution in [3.05, 3.63) is 53.1 Å². The summed E-state index contributed by atoms with van der Waals surface area (Å²) >= 11 is 0. The van der Waals surface area contributed by atoms with Gasteiger partial charge in [0.2, 0.25) is 5.95 Å². The summed E-state index contributed by atoms with van der Waals surface area (Å²) in [5, 5.41) is 3.36. The average Bonchev–Trinajstić information content (AvgIpc) is 2.78. The van der Waals surface area contributed by atoms with Crippen molar-refractivity contribution in [3.8, 4) is 0 Å². The van der Waals surface area contributed by atoms with Crippen LogP contribution in [0, 0.1) is 20.8 Å². The van der Waals surface area contributed by atoms with Crippen molar-refractivity contribution in [2.75, 3.05) is 5.32 Å². The highest BCUT2D eigenvalue weighted by atomic mass is 15.1. The highest BCUT2D eigenvalue weighted by Gasteiger charge is 2.05. The van der Waals surface area contributed by atoms with Crippen LogP contribution in [0.4, 0.5) is 11.6 Å². The van der Waals surface area contributed by atoms with Gasteiger partial charge in [-0.1, -0.05) is 18.2 Å². The molecule has 3 rings (SSSR count). The third-order valence-electron chi connectivity index (χ3n) is 3.48. The molecule has 0 saturated carbocycles. The second-order valence-electron chi connectivity index (χ2n) is 4.98. The van der Waals surface area contributed by atoms with E-state index in [1.807, 2.05) is 24.3 Å². The molecule has 0 fully saturated rings. The molecule has 19 heavy (non-hydrogen) atoms. The van der Waals surface area contributed by atoms with Crippen LogP contribution in [-0.2, 0) is 0 Å². The molecule has 0 unspecified atom stereocenters. The normalized spacial score (nSPS) is 10.9. The van der Waals surface area contributed by atoms with E-state index in [2.05, 4.69) is 48.2 Å². The lowest BCUT2D eigenvalue weighted by atomic mass is 10.1. The van der Waals surface area contributed by atoms with Gasteiger partial charge in [-0.25, -0.2) is 4.98 Å². The van der Waals surface area contributed by atoms with E-state index in [0.717, 1.165) is 22.7 Å². The Morgan fingerprint density at radius 3 is 2.47 bits per heavy atom. The lowest BCUT2D eigenvalue weighted by Crippen LogP contribution is -1.96. The van der Waals surface area contributed by atoms with Crippen molar-refractivity contribution in [2.24, 2.45) is 0 Å². The summed E-state index contributed by atoms with van der Waals surface area (Å²) in [5.74, 6) is 0.785. The minimum absolute atomic E-state index is 0.785. The minimum Gasteiger partial charge on any atom is -0.326 e. The van der Waals surface area contributed by atoms with Crippen molar-refractivity contribution in [1.82, 2.24) is 9.97 Å². The number of aromatic nitrogens is 2. The van der Waals surface area contributed by atoms with Gasteiger partial charge >= 0.3 is 0 Å². The smallest absolute Gasteiger partial charge is 0.205 e. The zero-order chi connectivity index (χ0) is 13.4. The van der Waals surface area contributed by atoms with Crippen molar-refractivity contribution >= 4 is 22.7 Å². The minimum atomic E-state index is 0.785. The molecular weight excluding hydrogens is 234 g/mol. The highest BCUT2D eigenvalue weighted by molar-refractivity contribution is 5.78. The third kappa shape index (κ3) is 2.19.